The van der Waals surface area contributed by atoms with Gasteiger partial charge in [0.05, 0.1) is 17.6 Å². The van der Waals surface area contributed by atoms with E-state index in [2.05, 4.69) is 26.2 Å². The number of para-hydroxylation sites is 1. The molecule has 1 atom stereocenters. The van der Waals surface area contributed by atoms with Crippen LogP contribution in [0.2, 0.25) is 0 Å². The number of hydrogen-bond donors (Lipinski definition) is 1. The Morgan fingerprint density at radius 1 is 1.14 bits per heavy atom. The van der Waals surface area contributed by atoms with Gasteiger partial charge in [-0.1, -0.05) is 39.3 Å². The lowest BCUT2D eigenvalue weighted by Crippen LogP contribution is -2.09. The molecular formula is C15H11BrFN3O. The first kappa shape index (κ1) is 13.9. The third kappa shape index (κ3) is 2.86. The molecule has 2 aromatic carbocycles. The van der Waals surface area contributed by atoms with Gasteiger partial charge in [-0.3, -0.25) is 0 Å². The van der Waals surface area contributed by atoms with Crippen LogP contribution in [-0.4, -0.2) is 20.1 Å². The van der Waals surface area contributed by atoms with Crippen molar-refractivity contribution >= 4 is 15.9 Å². The lowest BCUT2D eigenvalue weighted by molar-refractivity contribution is 0.211. The number of hydrogen-bond acceptors (Lipinski definition) is 3. The zero-order valence-electron chi connectivity index (χ0n) is 10.8. The molecule has 0 aliphatic carbocycles. The number of aliphatic hydroxyl groups is 1. The first-order valence-corrected chi connectivity index (χ1v) is 7.04. The summed E-state index contributed by atoms with van der Waals surface area (Å²) >= 11 is 3.22. The van der Waals surface area contributed by atoms with Crippen molar-refractivity contribution in [2.75, 3.05) is 0 Å². The van der Waals surface area contributed by atoms with E-state index in [0.717, 1.165) is 5.69 Å². The van der Waals surface area contributed by atoms with Crippen LogP contribution in [0.4, 0.5) is 4.39 Å². The van der Waals surface area contributed by atoms with E-state index in [1.807, 2.05) is 30.3 Å². The van der Waals surface area contributed by atoms with Gasteiger partial charge in [-0.2, -0.15) is 0 Å². The monoisotopic (exact) mass is 347 g/mol. The second-order valence-electron chi connectivity index (χ2n) is 4.51. The third-order valence-corrected chi connectivity index (χ3v) is 3.52. The van der Waals surface area contributed by atoms with Crippen LogP contribution in [0.15, 0.2) is 59.2 Å². The zero-order valence-corrected chi connectivity index (χ0v) is 12.4. The van der Waals surface area contributed by atoms with Gasteiger partial charge >= 0.3 is 0 Å². The molecule has 4 nitrogen and oxygen atoms in total. The zero-order chi connectivity index (χ0) is 14.8. The molecule has 0 bridgehead atoms. The van der Waals surface area contributed by atoms with Gasteiger partial charge in [0.1, 0.15) is 11.9 Å². The highest BCUT2D eigenvalue weighted by Crippen LogP contribution is 2.26. The Morgan fingerprint density at radius 3 is 2.62 bits per heavy atom. The van der Waals surface area contributed by atoms with Crippen LogP contribution in [0, 0.1) is 5.82 Å². The summed E-state index contributed by atoms with van der Waals surface area (Å²) in [5.41, 5.74) is 1.68. The second-order valence-corrected chi connectivity index (χ2v) is 5.43. The van der Waals surface area contributed by atoms with Crippen molar-refractivity contribution in [3.63, 3.8) is 0 Å². The predicted octanol–water partition coefficient (Wildman–Crippen LogP) is 3.25. The second kappa shape index (κ2) is 5.75. The largest absolute Gasteiger partial charge is 0.382 e. The van der Waals surface area contributed by atoms with Crippen molar-refractivity contribution in [1.82, 2.24) is 15.0 Å². The summed E-state index contributed by atoms with van der Waals surface area (Å²) < 4.78 is 15.6. The number of aromatic nitrogens is 3. The van der Waals surface area contributed by atoms with Gasteiger partial charge in [0.25, 0.3) is 0 Å². The smallest absolute Gasteiger partial charge is 0.124 e. The molecular weight excluding hydrogens is 337 g/mol. The topological polar surface area (TPSA) is 50.9 Å². The molecule has 3 aromatic rings. The summed E-state index contributed by atoms with van der Waals surface area (Å²) in [4.78, 5) is 0. The summed E-state index contributed by atoms with van der Waals surface area (Å²) in [5, 5.41) is 18.3. The Labute approximate surface area is 129 Å². The normalized spacial score (nSPS) is 12.3. The molecule has 1 heterocycles. The third-order valence-electron chi connectivity index (χ3n) is 3.06. The fourth-order valence-corrected chi connectivity index (χ4v) is 2.59. The average molecular weight is 348 g/mol. The van der Waals surface area contributed by atoms with Crippen molar-refractivity contribution in [3.05, 3.63) is 76.3 Å². The van der Waals surface area contributed by atoms with Crippen molar-refractivity contribution in [3.8, 4) is 5.69 Å². The van der Waals surface area contributed by atoms with Gasteiger partial charge in [-0.15, -0.1) is 5.10 Å². The minimum absolute atomic E-state index is 0.419. The van der Waals surface area contributed by atoms with E-state index in [1.54, 1.807) is 6.07 Å². The number of nitrogens with zero attached hydrogens (tertiary/aromatic N) is 3. The lowest BCUT2D eigenvalue weighted by Gasteiger charge is -2.13. The first-order chi connectivity index (χ1) is 10.1. The Morgan fingerprint density at radius 2 is 1.90 bits per heavy atom. The highest BCUT2D eigenvalue weighted by Gasteiger charge is 2.18. The van der Waals surface area contributed by atoms with Gasteiger partial charge in [0.2, 0.25) is 0 Å². The van der Waals surface area contributed by atoms with E-state index >= 15 is 0 Å². The SMILES string of the molecule is OC(c1cc(F)cc(Br)c1)c1cnnn1-c1ccccc1. The molecule has 1 N–H and O–H groups in total. The molecule has 6 heteroatoms. The average Bonchev–Trinajstić information content (AvgIpc) is 2.95. The fraction of sp³-hybridized carbons (Fsp3) is 0.0667. The molecule has 0 saturated heterocycles. The maximum absolute atomic E-state index is 13.5. The molecule has 3 rings (SSSR count). The molecule has 0 aliphatic rings. The molecule has 0 radical (unpaired) electrons. The van der Waals surface area contributed by atoms with Crippen molar-refractivity contribution in [2.45, 2.75) is 6.10 Å². The fourth-order valence-electron chi connectivity index (χ4n) is 2.10. The van der Waals surface area contributed by atoms with E-state index < -0.39 is 11.9 Å². The number of aliphatic hydroxyl groups excluding tert-OH is 1. The van der Waals surface area contributed by atoms with Crippen LogP contribution in [0.3, 0.4) is 0 Å². The first-order valence-electron chi connectivity index (χ1n) is 6.25. The Balaban J connectivity index is 2.03. The maximum atomic E-state index is 13.5. The summed E-state index contributed by atoms with van der Waals surface area (Å²) in [5.74, 6) is -0.419. The van der Waals surface area contributed by atoms with Crippen molar-refractivity contribution < 1.29 is 9.50 Å². The van der Waals surface area contributed by atoms with Crippen LogP contribution in [-0.2, 0) is 0 Å². The maximum Gasteiger partial charge on any atom is 0.124 e. The molecule has 0 fully saturated rings. The highest BCUT2D eigenvalue weighted by atomic mass is 79.9. The van der Waals surface area contributed by atoms with Crippen LogP contribution in [0.1, 0.15) is 17.4 Å². The molecule has 0 saturated carbocycles. The van der Waals surface area contributed by atoms with Gasteiger partial charge in [0.15, 0.2) is 0 Å². The van der Waals surface area contributed by atoms with E-state index in [-0.39, 0.29) is 0 Å². The standard InChI is InChI=1S/C15H11BrFN3O/c16-11-6-10(7-12(17)8-11)15(21)14-9-18-19-20(14)13-4-2-1-3-5-13/h1-9,15,21H. The minimum atomic E-state index is -1.02. The Bertz CT molecular complexity index is 740. The van der Waals surface area contributed by atoms with Crippen molar-refractivity contribution in [1.29, 1.82) is 0 Å². The van der Waals surface area contributed by atoms with Gasteiger partial charge in [0, 0.05) is 4.47 Å². The van der Waals surface area contributed by atoms with E-state index in [9.17, 15) is 9.50 Å². The summed E-state index contributed by atoms with van der Waals surface area (Å²) in [6.07, 6.45) is 0.448. The van der Waals surface area contributed by atoms with Gasteiger partial charge < -0.3 is 5.11 Å². The molecule has 0 spiro atoms. The molecule has 1 aromatic heterocycles. The van der Waals surface area contributed by atoms with Gasteiger partial charge in [-0.05, 0) is 35.9 Å². The molecule has 0 amide bonds. The van der Waals surface area contributed by atoms with Gasteiger partial charge in [-0.25, -0.2) is 9.07 Å². The van der Waals surface area contributed by atoms with E-state index in [1.165, 1.54) is 23.0 Å². The van der Waals surface area contributed by atoms with Crippen LogP contribution in [0.5, 0.6) is 0 Å². The minimum Gasteiger partial charge on any atom is -0.382 e. The van der Waals surface area contributed by atoms with Crippen LogP contribution < -0.4 is 0 Å². The van der Waals surface area contributed by atoms with E-state index in [4.69, 9.17) is 0 Å². The summed E-state index contributed by atoms with van der Waals surface area (Å²) in [6, 6.07) is 13.6. The summed E-state index contributed by atoms with van der Waals surface area (Å²) in [7, 11) is 0. The lowest BCUT2D eigenvalue weighted by atomic mass is 10.1. The van der Waals surface area contributed by atoms with Crippen molar-refractivity contribution in [2.24, 2.45) is 0 Å². The molecule has 1 unspecified atom stereocenters. The number of rotatable bonds is 3. The van der Waals surface area contributed by atoms with Crippen LogP contribution >= 0.6 is 15.9 Å². The molecule has 0 aliphatic heterocycles. The number of halogens is 2. The molecule has 21 heavy (non-hydrogen) atoms. The molecule has 106 valence electrons. The predicted molar refractivity (Wildman–Crippen MR) is 79.5 cm³/mol. The summed E-state index contributed by atoms with van der Waals surface area (Å²) in [6.45, 7) is 0. The Kier molecular flexibility index (Phi) is 3.81. The quantitative estimate of drug-likeness (QED) is 0.791. The Hall–Kier alpha value is -2.05. The number of benzene rings is 2. The van der Waals surface area contributed by atoms with E-state index in [0.29, 0.717) is 15.7 Å². The van der Waals surface area contributed by atoms with Crippen LogP contribution in [0.25, 0.3) is 5.69 Å². The highest BCUT2D eigenvalue weighted by molar-refractivity contribution is 9.10.